The number of aromatic nitrogens is 2. The van der Waals surface area contributed by atoms with Crippen molar-refractivity contribution in [3.8, 4) is 16.9 Å². The Balaban J connectivity index is 1.57. The van der Waals surface area contributed by atoms with Crippen molar-refractivity contribution >= 4 is 5.91 Å². The van der Waals surface area contributed by atoms with Crippen molar-refractivity contribution in [2.75, 3.05) is 26.2 Å². The highest BCUT2D eigenvalue weighted by Crippen LogP contribution is 2.21. The zero-order valence-corrected chi connectivity index (χ0v) is 15.3. The minimum Gasteiger partial charge on any atom is -0.349 e. The van der Waals surface area contributed by atoms with Crippen molar-refractivity contribution in [2.45, 2.75) is 12.8 Å². The molecule has 0 bridgehead atoms. The van der Waals surface area contributed by atoms with Crippen LogP contribution in [0.2, 0.25) is 0 Å². The Morgan fingerprint density at radius 1 is 0.963 bits per heavy atom. The summed E-state index contributed by atoms with van der Waals surface area (Å²) in [6.07, 6.45) is 2.52. The lowest BCUT2D eigenvalue weighted by Crippen LogP contribution is -2.34. The molecular formula is C22H24N4O. The zero-order chi connectivity index (χ0) is 18.5. The van der Waals surface area contributed by atoms with E-state index in [2.05, 4.69) is 10.2 Å². The van der Waals surface area contributed by atoms with Gasteiger partial charge >= 0.3 is 0 Å². The molecule has 5 heteroatoms. The Morgan fingerprint density at radius 2 is 1.63 bits per heavy atom. The molecule has 138 valence electrons. The number of nitrogens with one attached hydrogen (secondary N) is 1. The van der Waals surface area contributed by atoms with Gasteiger partial charge in [0.1, 0.15) is 5.69 Å². The van der Waals surface area contributed by atoms with E-state index in [-0.39, 0.29) is 5.91 Å². The highest BCUT2D eigenvalue weighted by atomic mass is 16.2. The number of hydrogen-bond acceptors (Lipinski definition) is 3. The van der Waals surface area contributed by atoms with Crippen LogP contribution in [0, 0.1) is 0 Å². The molecule has 1 saturated heterocycles. The van der Waals surface area contributed by atoms with E-state index >= 15 is 0 Å². The van der Waals surface area contributed by atoms with Crippen LogP contribution in [-0.4, -0.2) is 46.8 Å². The fourth-order valence-electron chi connectivity index (χ4n) is 3.48. The average Bonchev–Trinajstić information content (AvgIpc) is 3.39. The molecule has 2 heterocycles. The zero-order valence-electron chi connectivity index (χ0n) is 15.3. The molecule has 0 aliphatic carbocycles. The lowest BCUT2D eigenvalue weighted by atomic mass is 10.1. The molecule has 1 aliphatic rings. The highest BCUT2D eigenvalue weighted by Gasteiger charge is 2.18. The number of carbonyl (C=O) groups excluding carboxylic acids is 1. The van der Waals surface area contributed by atoms with E-state index in [1.54, 1.807) is 4.68 Å². The second kappa shape index (κ2) is 8.18. The van der Waals surface area contributed by atoms with Crippen LogP contribution in [0.1, 0.15) is 23.3 Å². The van der Waals surface area contributed by atoms with Crippen LogP contribution in [0.4, 0.5) is 0 Å². The third kappa shape index (κ3) is 4.09. The Hall–Kier alpha value is -2.92. The number of benzene rings is 2. The van der Waals surface area contributed by atoms with Gasteiger partial charge in [0.2, 0.25) is 0 Å². The highest BCUT2D eigenvalue weighted by molar-refractivity contribution is 5.94. The van der Waals surface area contributed by atoms with E-state index in [0.29, 0.717) is 12.2 Å². The second-order valence-electron chi connectivity index (χ2n) is 6.83. The van der Waals surface area contributed by atoms with Crippen LogP contribution >= 0.6 is 0 Å². The molecule has 0 unspecified atom stereocenters. The summed E-state index contributed by atoms with van der Waals surface area (Å²) in [5.74, 6) is -0.0901. The minimum absolute atomic E-state index is 0.0901. The predicted octanol–water partition coefficient (Wildman–Crippen LogP) is 3.36. The van der Waals surface area contributed by atoms with Crippen molar-refractivity contribution in [2.24, 2.45) is 0 Å². The molecule has 3 aromatic rings. The van der Waals surface area contributed by atoms with E-state index < -0.39 is 0 Å². The number of para-hydroxylation sites is 1. The molecule has 0 saturated carbocycles. The van der Waals surface area contributed by atoms with Crippen molar-refractivity contribution in [1.29, 1.82) is 0 Å². The number of rotatable bonds is 6. The number of amides is 1. The summed E-state index contributed by atoms with van der Waals surface area (Å²) in [7, 11) is 0. The Morgan fingerprint density at radius 3 is 2.33 bits per heavy atom. The smallest absolute Gasteiger partial charge is 0.270 e. The molecule has 1 aromatic heterocycles. The Kier molecular flexibility index (Phi) is 5.30. The molecule has 1 N–H and O–H groups in total. The van der Waals surface area contributed by atoms with E-state index in [1.807, 2.05) is 66.7 Å². The molecule has 1 amide bonds. The summed E-state index contributed by atoms with van der Waals surface area (Å²) in [5, 5.41) is 7.76. The van der Waals surface area contributed by atoms with Crippen molar-refractivity contribution in [1.82, 2.24) is 20.0 Å². The minimum atomic E-state index is -0.0901. The first-order valence-corrected chi connectivity index (χ1v) is 9.53. The molecule has 4 rings (SSSR count). The first-order valence-electron chi connectivity index (χ1n) is 9.53. The van der Waals surface area contributed by atoms with Crippen molar-refractivity contribution in [3.05, 3.63) is 72.4 Å². The fourth-order valence-corrected chi connectivity index (χ4v) is 3.48. The molecular weight excluding hydrogens is 336 g/mol. The van der Waals surface area contributed by atoms with Crippen LogP contribution in [0.15, 0.2) is 66.7 Å². The van der Waals surface area contributed by atoms with Crippen LogP contribution in [-0.2, 0) is 0 Å². The molecule has 5 nitrogen and oxygen atoms in total. The summed E-state index contributed by atoms with van der Waals surface area (Å²) in [6.45, 7) is 3.82. The molecule has 27 heavy (non-hydrogen) atoms. The van der Waals surface area contributed by atoms with Crippen LogP contribution in [0.3, 0.4) is 0 Å². The van der Waals surface area contributed by atoms with Gasteiger partial charge in [0.15, 0.2) is 0 Å². The lowest BCUT2D eigenvalue weighted by molar-refractivity contribution is 0.0942. The summed E-state index contributed by atoms with van der Waals surface area (Å²) in [5.41, 5.74) is 3.23. The third-order valence-corrected chi connectivity index (χ3v) is 4.92. The maximum atomic E-state index is 12.9. The quantitative estimate of drug-likeness (QED) is 0.733. The van der Waals surface area contributed by atoms with Gasteiger partial charge in [-0.1, -0.05) is 48.5 Å². The predicted molar refractivity (Wildman–Crippen MR) is 107 cm³/mol. The second-order valence-corrected chi connectivity index (χ2v) is 6.83. The first-order chi connectivity index (χ1) is 13.3. The number of carbonyl (C=O) groups is 1. The number of likely N-dealkylation sites (tertiary alicyclic amines) is 1. The van der Waals surface area contributed by atoms with Gasteiger partial charge in [-0.05, 0) is 44.1 Å². The van der Waals surface area contributed by atoms with Crippen LogP contribution in [0.25, 0.3) is 16.9 Å². The lowest BCUT2D eigenvalue weighted by Gasteiger charge is -2.15. The molecule has 2 aromatic carbocycles. The topological polar surface area (TPSA) is 50.2 Å². The fraction of sp³-hybridized carbons (Fsp3) is 0.273. The summed E-state index contributed by atoms with van der Waals surface area (Å²) in [4.78, 5) is 15.3. The maximum Gasteiger partial charge on any atom is 0.270 e. The van der Waals surface area contributed by atoms with Gasteiger partial charge in [-0.25, -0.2) is 4.68 Å². The van der Waals surface area contributed by atoms with Crippen LogP contribution < -0.4 is 5.32 Å². The van der Waals surface area contributed by atoms with Crippen molar-refractivity contribution in [3.63, 3.8) is 0 Å². The van der Waals surface area contributed by atoms with E-state index in [9.17, 15) is 4.79 Å². The van der Waals surface area contributed by atoms with Gasteiger partial charge in [0, 0.05) is 18.7 Å². The van der Waals surface area contributed by atoms with E-state index in [1.165, 1.54) is 12.8 Å². The van der Waals surface area contributed by atoms with Gasteiger partial charge in [0.05, 0.1) is 11.4 Å². The van der Waals surface area contributed by atoms with E-state index in [0.717, 1.165) is 36.6 Å². The number of hydrogen-bond donors (Lipinski definition) is 1. The van der Waals surface area contributed by atoms with Gasteiger partial charge in [-0.3, -0.25) is 4.79 Å². The summed E-state index contributed by atoms with van der Waals surface area (Å²) >= 11 is 0. The molecule has 1 aliphatic heterocycles. The standard InChI is InChI=1S/C22H24N4O/c27-22(23-13-16-25-14-7-8-15-25)21-17-20(18-9-3-1-4-10-18)24-26(21)19-11-5-2-6-12-19/h1-6,9-12,17H,7-8,13-16H2,(H,23,27). The molecule has 1 fully saturated rings. The Bertz CT molecular complexity index is 883. The summed E-state index contributed by atoms with van der Waals surface area (Å²) in [6, 6.07) is 21.6. The third-order valence-electron chi connectivity index (χ3n) is 4.92. The van der Waals surface area contributed by atoms with Gasteiger partial charge in [0.25, 0.3) is 5.91 Å². The largest absolute Gasteiger partial charge is 0.349 e. The molecule has 0 spiro atoms. The van der Waals surface area contributed by atoms with E-state index in [4.69, 9.17) is 5.10 Å². The van der Waals surface area contributed by atoms with Gasteiger partial charge in [-0.15, -0.1) is 0 Å². The number of nitrogens with zero attached hydrogens (tertiary/aromatic N) is 3. The van der Waals surface area contributed by atoms with Gasteiger partial charge < -0.3 is 10.2 Å². The first kappa shape index (κ1) is 17.5. The van der Waals surface area contributed by atoms with Crippen molar-refractivity contribution < 1.29 is 4.79 Å². The SMILES string of the molecule is O=C(NCCN1CCCC1)c1cc(-c2ccccc2)nn1-c1ccccc1. The maximum absolute atomic E-state index is 12.9. The molecule has 0 atom stereocenters. The normalized spacial score (nSPS) is 14.4. The van der Waals surface area contributed by atoms with Crippen LogP contribution in [0.5, 0.6) is 0 Å². The van der Waals surface area contributed by atoms with Gasteiger partial charge in [-0.2, -0.15) is 5.10 Å². The average molecular weight is 360 g/mol. The Labute approximate surface area is 159 Å². The monoisotopic (exact) mass is 360 g/mol. The summed E-state index contributed by atoms with van der Waals surface area (Å²) < 4.78 is 1.73. The molecule has 0 radical (unpaired) electrons.